The second-order valence-corrected chi connectivity index (χ2v) is 18.1. The van der Waals surface area contributed by atoms with Gasteiger partial charge >= 0.3 is 11.9 Å². The number of hydrogen-bond acceptors (Lipinski definition) is 6. The molecule has 2 heterocycles. The average Bonchev–Trinajstić information content (AvgIpc) is 3.62. The Bertz CT molecular complexity index is 1880. The van der Waals surface area contributed by atoms with Gasteiger partial charge in [0.05, 0.1) is 24.2 Å². The molecule has 0 saturated carbocycles. The quantitative estimate of drug-likeness (QED) is 0.0552. The summed E-state index contributed by atoms with van der Waals surface area (Å²) in [5.41, 5.74) is 5.26. The Labute approximate surface area is 337 Å². The SMILES string of the molecule is CCOC(=O)C(Oc1cccc2c1cc(C)n2CCCCCC(C)(C)CC(C)(C)CCCCn1c(C)cc2c(OC(C(=O)OCC)C(C)C)cccc21)C(C)C. The number of unbranched alkanes of at least 4 members (excludes halogenated alkanes) is 3. The standard InChI is InChI=1S/C48H72N2O6/c1-13-53-45(51)43(33(3)4)55-41-24-20-22-39-37(41)30-35(7)49(39)28-18-15-16-26-47(9,10)32-48(11,12)27-17-19-29-50-36(8)31-38-40(50)23-21-25-42(38)56-44(34(5)6)46(52)54-14-2/h20-25,30-31,33-34,43-44H,13-19,26-29,32H2,1-12H3. The number of carbonyl (C=O) groups excluding carboxylic acids is 2. The molecule has 0 aliphatic rings. The smallest absolute Gasteiger partial charge is 0.347 e. The van der Waals surface area contributed by atoms with Crippen molar-refractivity contribution in [1.82, 2.24) is 9.13 Å². The zero-order chi connectivity index (χ0) is 41.2. The van der Waals surface area contributed by atoms with Crippen LogP contribution in [0.2, 0.25) is 0 Å². The van der Waals surface area contributed by atoms with E-state index in [0.29, 0.717) is 13.2 Å². The Balaban J connectivity index is 1.25. The third-order valence-corrected chi connectivity index (χ3v) is 11.2. The highest BCUT2D eigenvalue weighted by Crippen LogP contribution is 2.41. The van der Waals surface area contributed by atoms with E-state index in [0.717, 1.165) is 59.2 Å². The molecule has 0 aliphatic heterocycles. The fraction of sp³-hybridized carbons (Fsp3) is 0.625. The zero-order valence-electron chi connectivity index (χ0n) is 36.8. The minimum Gasteiger partial charge on any atom is -0.478 e. The predicted molar refractivity (Wildman–Crippen MR) is 230 cm³/mol. The van der Waals surface area contributed by atoms with Crippen molar-refractivity contribution in [3.63, 3.8) is 0 Å². The molecule has 2 aromatic heterocycles. The van der Waals surface area contributed by atoms with Crippen LogP contribution < -0.4 is 9.47 Å². The van der Waals surface area contributed by atoms with Crippen LogP contribution in [0.15, 0.2) is 48.5 Å². The Morgan fingerprint density at radius 3 is 1.39 bits per heavy atom. The lowest BCUT2D eigenvalue weighted by Crippen LogP contribution is -2.34. The molecule has 8 heteroatoms. The predicted octanol–water partition coefficient (Wildman–Crippen LogP) is 12.0. The van der Waals surface area contributed by atoms with E-state index in [1.807, 2.05) is 65.8 Å². The first-order valence-corrected chi connectivity index (χ1v) is 21.3. The van der Waals surface area contributed by atoms with Gasteiger partial charge < -0.3 is 28.1 Å². The van der Waals surface area contributed by atoms with Gasteiger partial charge in [0.15, 0.2) is 12.2 Å². The van der Waals surface area contributed by atoms with Gasteiger partial charge in [0.1, 0.15) is 11.5 Å². The fourth-order valence-electron chi connectivity index (χ4n) is 8.61. The van der Waals surface area contributed by atoms with Gasteiger partial charge in [-0.25, -0.2) is 9.59 Å². The number of nitrogens with zero attached hydrogens (tertiary/aromatic N) is 2. The average molecular weight is 773 g/mol. The summed E-state index contributed by atoms with van der Waals surface area (Å²) in [7, 11) is 0. The first-order valence-electron chi connectivity index (χ1n) is 21.3. The van der Waals surface area contributed by atoms with E-state index in [-0.39, 0.29) is 34.6 Å². The van der Waals surface area contributed by atoms with Crippen LogP contribution in [0.3, 0.4) is 0 Å². The van der Waals surface area contributed by atoms with E-state index in [4.69, 9.17) is 18.9 Å². The van der Waals surface area contributed by atoms with E-state index < -0.39 is 12.2 Å². The normalized spacial score (nSPS) is 13.5. The van der Waals surface area contributed by atoms with Crippen molar-refractivity contribution in [3.8, 4) is 11.5 Å². The largest absolute Gasteiger partial charge is 0.478 e. The summed E-state index contributed by atoms with van der Waals surface area (Å²) in [6.07, 6.45) is 8.17. The van der Waals surface area contributed by atoms with Gasteiger partial charge in [-0.15, -0.1) is 0 Å². The fourth-order valence-corrected chi connectivity index (χ4v) is 8.61. The van der Waals surface area contributed by atoms with Gasteiger partial charge in [0.25, 0.3) is 0 Å². The highest BCUT2D eigenvalue weighted by atomic mass is 16.6. The van der Waals surface area contributed by atoms with Gasteiger partial charge in [-0.3, -0.25) is 0 Å². The van der Waals surface area contributed by atoms with Crippen LogP contribution in [0.5, 0.6) is 11.5 Å². The van der Waals surface area contributed by atoms with Crippen molar-refractivity contribution in [1.29, 1.82) is 0 Å². The minimum absolute atomic E-state index is 0.00256. The van der Waals surface area contributed by atoms with Gasteiger partial charge in [-0.05, 0) is 107 Å². The Kier molecular flexibility index (Phi) is 16.0. The molecule has 0 bridgehead atoms. The van der Waals surface area contributed by atoms with E-state index in [9.17, 15) is 9.59 Å². The molecule has 310 valence electrons. The molecule has 0 N–H and O–H groups in total. The lowest BCUT2D eigenvalue weighted by atomic mass is 9.70. The number of ether oxygens (including phenoxy) is 4. The Morgan fingerprint density at radius 1 is 0.607 bits per heavy atom. The van der Waals surface area contributed by atoms with Gasteiger partial charge in [0, 0.05) is 47.1 Å². The van der Waals surface area contributed by atoms with Gasteiger partial charge in [0.2, 0.25) is 0 Å². The molecule has 2 unspecified atom stereocenters. The summed E-state index contributed by atoms with van der Waals surface area (Å²) in [5.74, 6) is 0.861. The number of esters is 2. The molecule has 0 radical (unpaired) electrons. The summed E-state index contributed by atoms with van der Waals surface area (Å²) in [5, 5.41) is 2.09. The highest BCUT2D eigenvalue weighted by molar-refractivity contribution is 5.89. The molecule has 8 nitrogen and oxygen atoms in total. The van der Waals surface area contributed by atoms with Crippen LogP contribution in [-0.2, 0) is 32.2 Å². The first-order chi connectivity index (χ1) is 26.5. The number of rotatable bonds is 23. The third kappa shape index (κ3) is 11.8. The number of aryl methyl sites for hydroxylation is 4. The molecular formula is C48H72N2O6. The number of hydrogen-bond donors (Lipinski definition) is 0. The summed E-state index contributed by atoms with van der Waals surface area (Å²) < 4.78 is 28.0. The molecule has 0 saturated heterocycles. The third-order valence-electron chi connectivity index (χ3n) is 11.2. The van der Waals surface area contributed by atoms with Crippen LogP contribution in [-0.4, -0.2) is 46.5 Å². The topological polar surface area (TPSA) is 80.9 Å². The maximum absolute atomic E-state index is 12.6. The first kappa shape index (κ1) is 44.8. The van der Waals surface area contributed by atoms with Crippen LogP contribution in [0, 0.1) is 36.5 Å². The molecule has 2 aromatic carbocycles. The second kappa shape index (κ2) is 20.0. The van der Waals surface area contributed by atoms with Gasteiger partial charge in [-0.2, -0.15) is 0 Å². The van der Waals surface area contributed by atoms with E-state index in [2.05, 4.69) is 74.9 Å². The molecule has 2 atom stereocenters. The second-order valence-electron chi connectivity index (χ2n) is 18.1. The Morgan fingerprint density at radius 2 is 1.00 bits per heavy atom. The van der Waals surface area contributed by atoms with Crippen molar-refractivity contribution in [2.24, 2.45) is 22.7 Å². The van der Waals surface area contributed by atoms with Crippen LogP contribution in [0.1, 0.15) is 132 Å². The van der Waals surface area contributed by atoms with Crippen molar-refractivity contribution in [3.05, 3.63) is 59.9 Å². The molecule has 4 aromatic rings. The minimum atomic E-state index is -0.634. The number of aromatic nitrogens is 2. The number of benzene rings is 2. The van der Waals surface area contributed by atoms with Crippen molar-refractivity contribution < 1.29 is 28.5 Å². The Hall–Kier alpha value is -3.94. The molecule has 0 fully saturated rings. The summed E-state index contributed by atoms with van der Waals surface area (Å²) in [4.78, 5) is 25.2. The molecule has 0 aliphatic carbocycles. The van der Waals surface area contributed by atoms with Crippen molar-refractivity contribution in [2.75, 3.05) is 13.2 Å². The molecule has 0 amide bonds. The van der Waals surface area contributed by atoms with Gasteiger partial charge in [-0.1, -0.05) is 86.8 Å². The summed E-state index contributed by atoms with van der Waals surface area (Å²) >= 11 is 0. The van der Waals surface area contributed by atoms with Crippen LogP contribution in [0.4, 0.5) is 0 Å². The van der Waals surface area contributed by atoms with Crippen LogP contribution in [0.25, 0.3) is 21.8 Å². The maximum Gasteiger partial charge on any atom is 0.347 e. The highest BCUT2D eigenvalue weighted by Gasteiger charge is 2.30. The number of carbonyl (C=O) groups is 2. The van der Waals surface area contributed by atoms with E-state index >= 15 is 0 Å². The molecule has 56 heavy (non-hydrogen) atoms. The lowest BCUT2D eigenvalue weighted by Gasteiger charge is -2.35. The van der Waals surface area contributed by atoms with E-state index in [1.54, 1.807) is 0 Å². The maximum atomic E-state index is 12.6. The summed E-state index contributed by atoms with van der Waals surface area (Å²) in [6, 6.07) is 16.6. The van der Waals surface area contributed by atoms with E-state index in [1.165, 1.54) is 49.9 Å². The summed E-state index contributed by atoms with van der Waals surface area (Å²) in [6.45, 7) is 28.3. The monoisotopic (exact) mass is 773 g/mol. The lowest BCUT2D eigenvalue weighted by molar-refractivity contribution is -0.154. The molecule has 4 rings (SSSR count). The van der Waals surface area contributed by atoms with Crippen LogP contribution >= 0.6 is 0 Å². The molecular weight excluding hydrogens is 701 g/mol. The zero-order valence-corrected chi connectivity index (χ0v) is 36.8. The van der Waals surface area contributed by atoms with Crippen molar-refractivity contribution in [2.45, 2.75) is 160 Å². The molecule has 0 spiro atoms. The van der Waals surface area contributed by atoms with Crippen molar-refractivity contribution >= 4 is 33.7 Å². The number of fused-ring (bicyclic) bond motifs is 2.